The Kier molecular flexibility index (Phi) is 7.27. The fourth-order valence-electron chi connectivity index (χ4n) is 4.25. The van der Waals surface area contributed by atoms with Crippen LogP contribution in [-0.4, -0.2) is 29.7 Å². The normalized spacial score (nSPS) is 22.3. The summed E-state index contributed by atoms with van der Waals surface area (Å²) in [6.45, 7) is 8.63. The number of rotatable bonds is 5. The number of ether oxygens (including phenoxy) is 2. The minimum atomic E-state index is -0.714. The number of hydrogen-bond donors (Lipinski definition) is 0. The van der Waals surface area contributed by atoms with E-state index in [2.05, 4.69) is 23.7 Å². The number of hydrogen-bond acceptors (Lipinski definition) is 6. The molecule has 1 fully saturated rings. The number of amides is 1. The lowest BCUT2D eigenvalue weighted by atomic mass is 9.82. The molecule has 1 atom stereocenters. The molecule has 0 N–H and O–H groups in total. The Morgan fingerprint density at radius 1 is 1.26 bits per heavy atom. The molecule has 1 saturated carbocycles. The number of anilines is 1. The van der Waals surface area contributed by atoms with Crippen molar-refractivity contribution in [2.45, 2.75) is 66.0 Å². The number of carbonyl (C=O) groups is 2. The van der Waals surface area contributed by atoms with Crippen LogP contribution in [-0.2, 0) is 9.53 Å². The third-order valence-corrected chi connectivity index (χ3v) is 7.12. The quantitative estimate of drug-likeness (QED) is 0.408. The Labute approximate surface area is 205 Å². The maximum Gasteiger partial charge on any atom is 0.352 e. The summed E-state index contributed by atoms with van der Waals surface area (Å²) in [6.07, 6.45) is 5.10. The standard InChI is InChI=1S/C27H32N2O4S/c1-18-8-10-19(11-9-18)25(30)29-21-17-20(12-14-27(2,3)4)34-24(21)26(31)33-23(29)13-16-32-22-7-5-6-15-28-22/h5-7,15,17-19,23H,8-11,13,16H2,1-4H3/t18?,19?,23-/m0/s1. The molecule has 1 aliphatic carbocycles. The number of esters is 1. The fraction of sp³-hybridized carbons (Fsp3) is 0.519. The Morgan fingerprint density at radius 3 is 2.71 bits per heavy atom. The molecule has 0 aromatic carbocycles. The van der Waals surface area contributed by atoms with Crippen LogP contribution in [0.4, 0.5) is 5.69 Å². The molecule has 34 heavy (non-hydrogen) atoms. The topological polar surface area (TPSA) is 68.7 Å². The smallest absolute Gasteiger partial charge is 0.352 e. The van der Waals surface area contributed by atoms with E-state index in [0.29, 0.717) is 28.8 Å². The average Bonchev–Trinajstić information content (AvgIpc) is 3.23. The summed E-state index contributed by atoms with van der Waals surface area (Å²) in [5, 5.41) is 0. The highest BCUT2D eigenvalue weighted by molar-refractivity contribution is 7.15. The first-order chi connectivity index (χ1) is 16.2. The Bertz CT molecular complexity index is 1090. The predicted octanol–water partition coefficient (Wildman–Crippen LogP) is 5.67. The molecule has 2 aromatic rings. The van der Waals surface area contributed by atoms with Crippen LogP contribution in [0.5, 0.6) is 5.88 Å². The molecule has 4 rings (SSSR count). The maximum absolute atomic E-state index is 13.7. The van der Waals surface area contributed by atoms with Crippen LogP contribution in [0.25, 0.3) is 0 Å². The van der Waals surface area contributed by atoms with Crippen LogP contribution in [0.15, 0.2) is 30.5 Å². The van der Waals surface area contributed by atoms with Crippen LogP contribution in [0.3, 0.4) is 0 Å². The highest BCUT2D eigenvalue weighted by atomic mass is 32.1. The van der Waals surface area contributed by atoms with Crippen molar-refractivity contribution in [3.8, 4) is 17.7 Å². The van der Waals surface area contributed by atoms with E-state index in [1.165, 1.54) is 11.3 Å². The molecule has 6 nitrogen and oxygen atoms in total. The van der Waals surface area contributed by atoms with Crippen LogP contribution < -0.4 is 9.64 Å². The van der Waals surface area contributed by atoms with Gasteiger partial charge in [-0.05, 0) is 64.5 Å². The van der Waals surface area contributed by atoms with E-state index in [-0.39, 0.29) is 23.8 Å². The average molecular weight is 481 g/mol. The molecule has 0 spiro atoms. The second kappa shape index (κ2) is 10.2. The van der Waals surface area contributed by atoms with Crippen LogP contribution in [0, 0.1) is 29.1 Å². The molecule has 2 aliphatic rings. The molecule has 1 amide bonds. The molecular weight excluding hydrogens is 448 g/mol. The zero-order valence-electron chi connectivity index (χ0n) is 20.3. The second-order valence-electron chi connectivity index (χ2n) is 10.2. The van der Waals surface area contributed by atoms with E-state index >= 15 is 0 Å². The molecule has 180 valence electrons. The Balaban J connectivity index is 1.60. The number of cyclic esters (lactones) is 1. The van der Waals surface area contributed by atoms with Gasteiger partial charge in [0.1, 0.15) is 4.88 Å². The maximum atomic E-state index is 13.7. The van der Waals surface area contributed by atoms with Crippen molar-refractivity contribution in [3.05, 3.63) is 40.2 Å². The van der Waals surface area contributed by atoms with Gasteiger partial charge in [0, 0.05) is 30.0 Å². The van der Waals surface area contributed by atoms with E-state index in [1.54, 1.807) is 17.2 Å². The van der Waals surface area contributed by atoms with Gasteiger partial charge in [-0.15, -0.1) is 11.3 Å². The van der Waals surface area contributed by atoms with E-state index in [9.17, 15) is 9.59 Å². The zero-order chi connectivity index (χ0) is 24.3. The minimum Gasteiger partial charge on any atom is -0.477 e. The summed E-state index contributed by atoms with van der Waals surface area (Å²) in [6, 6.07) is 7.31. The zero-order valence-corrected chi connectivity index (χ0v) is 21.1. The lowest BCUT2D eigenvalue weighted by molar-refractivity contribution is -0.126. The molecule has 1 aliphatic heterocycles. The lowest BCUT2D eigenvalue weighted by Crippen LogP contribution is -2.50. The number of carbonyl (C=O) groups excluding carboxylic acids is 2. The van der Waals surface area contributed by atoms with Gasteiger partial charge in [-0.1, -0.05) is 24.8 Å². The third-order valence-electron chi connectivity index (χ3n) is 6.10. The van der Waals surface area contributed by atoms with Gasteiger partial charge >= 0.3 is 5.97 Å². The first-order valence-electron chi connectivity index (χ1n) is 12.0. The summed E-state index contributed by atoms with van der Waals surface area (Å²) in [7, 11) is 0. The summed E-state index contributed by atoms with van der Waals surface area (Å²) >= 11 is 1.29. The van der Waals surface area contributed by atoms with E-state index in [0.717, 1.165) is 30.6 Å². The molecule has 7 heteroatoms. The van der Waals surface area contributed by atoms with Gasteiger partial charge in [0.05, 0.1) is 17.2 Å². The highest BCUT2D eigenvalue weighted by Crippen LogP contribution is 2.40. The number of nitrogens with zero attached hydrogens (tertiary/aromatic N) is 2. The SMILES string of the molecule is CC1CCC(C(=O)N2c3cc(C#CC(C)(C)C)sc3C(=O)O[C@H]2CCOc2ccccn2)CC1. The van der Waals surface area contributed by atoms with Crippen LogP contribution in [0.2, 0.25) is 0 Å². The van der Waals surface area contributed by atoms with Gasteiger partial charge in [0.15, 0.2) is 6.23 Å². The van der Waals surface area contributed by atoms with Crippen molar-refractivity contribution >= 4 is 28.9 Å². The number of thiophene rings is 1. The van der Waals surface area contributed by atoms with Gasteiger partial charge < -0.3 is 9.47 Å². The van der Waals surface area contributed by atoms with Crippen molar-refractivity contribution in [1.82, 2.24) is 4.98 Å². The van der Waals surface area contributed by atoms with E-state index in [4.69, 9.17) is 9.47 Å². The molecule has 0 unspecified atom stereocenters. The molecule has 2 aromatic heterocycles. The second-order valence-corrected chi connectivity index (χ2v) is 11.2. The monoisotopic (exact) mass is 480 g/mol. The van der Waals surface area contributed by atoms with Crippen molar-refractivity contribution in [3.63, 3.8) is 0 Å². The lowest BCUT2D eigenvalue weighted by Gasteiger charge is -2.38. The van der Waals surface area contributed by atoms with Gasteiger partial charge in [0.25, 0.3) is 0 Å². The molecule has 0 radical (unpaired) electrons. The molecule has 3 heterocycles. The van der Waals surface area contributed by atoms with Crippen molar-refractivity contribution < 1.29 is 19.1 Å². The van der Waals surface area contributed by atoms with E-state index < -0.39 is 12.2 Å². The third kappa shape index (κ3) is 5.79. The molecule has 0 bridgehead atoms. The van der Waals surface area contributed by atoms with Crippen molar-refractivity contribution in [2.75, 3.05) is 11.5 Å². The number of pyridine rings is 1. The Hall–Kier alpha value is -2.85. The van der Waals surface area contributed by atoms with Crippen LogP contribution in [0.1, 0.15) is 74.3 Å². The summed E-state index contributed by atoms with van der Waals surface area (Å²) in [4.78, 5) is 33.7. The first kappa shape index (κ1) is 24.3. The number of aromatic nitrogens is 1. The first-order valence-corrected chi connectivity index (χ1v) is 12.8. The van der Waals surface area contributed by atoms with E-state index in [1.807, 2.05) is 39.0 Å². The van der Waals surface area contributed by atoms with Crippen molar-refractivity contribution in [2.24, 2.45) is 17.3 Å². The largest absolute Gasteiger partial charge is 0.477 e. The molecular formula is C27H32N2O4S. The van der Waals surface area contributed by atoms with Crippen molar-refractivity contribution in [1.29, 1.82) is 0 Å². The summed E-state index contributed by atoms with van der Waals surface area (Å²) in [5.74, 6) is 7.08. The predicted molar refractivity (Wildman–Crippen MR) is 133 cm³/mol. The minimum absolute atomic E-state index is 0.0246. The van der Waals surface area contributed by atoms with Gasteiger partial charge in [-0.2, -0.15) is 0 Å². The summed E-state index contributed by atoms with van der Waals surface area (Å²) < 4.78 is 11.5. The van der Waals surface area contributed by atoms with Gasteiger partial charge in [-0.25, -0.2) is 9.78 Å². The highest BCUT2D eigenvalue weighted by Gasteiger charge is 2.41. The summed E-state index contributed by atoms with van der Waals surface area (Å²) in [5.41, 5.74) is 0.455. The fourth-order valence-corrected chi connectivity index (χ4v) is 5.14. The van der Waals surface area contributed by atoms with Crippen LogP contribution >= 0.6 is 11.3 Å². The molecule has 0 saturated heterocycles. The Morgan fingerprint density at radius 2 is 2.03 bits per heavy atom. The van der Waals surface area contributed by atoms with Gasteiger partial charge in [0.2, 0.25) is 11.8 Å². The number of fused-ring (bicyclic) bond motifs is 1. The van der Waals surface area contributed by atoms with Gasteiger partial charge in [-0.3, -0.25) is 9.69 Å².